The fourth-order valence-corrected chi connectivity index (χ4v) is 21.1. The number of carbonyl (C=O) groups excluding carboxylic acids is 4. The molecule has 12 aliphatic carbocycles. The van der Waals surface area contributed by atoms with Gasteiger partial charge in [0.1, 0.15) is 27.0 Å². The number of carbonyl (C=O) groups is 4. The maximum atomic E-state index is 11.9. The molecule has 96 heavy (non-hydrogen) atoms. The molecule has 9 nitrogen and oxygen atoms in total. The Labute approximate surface area is 605 Å². The monoisotopic (exact) mass is 1470 g/mol. The summed E-state index contributed by atoms with van der Waals surface area (Å²) in [5.74, 6) is 30.4. The molecule has 12 saturated carbocycles. The Morgan fingerprint density at radius 1 is 0.521 bits per heavy atom. The third kappa shape index (κ3) is 18.7. The van der Waals surface area contributed by atoms with Crippen LogP contribution in [0.15, 0.2) is 82.6 Å². The largest absolute Gasteiger partial charge is 0.495 e. The number of hydrogen-bond donors (Lipinski definition) is 2. The lowest BCUT2D eigenvalue weighted by atomic mass is 9.50. The lowest BCUT2D eigenvalue weighted by Gasteiger charge is -2.54. The van der Waals surface area contributed by atoms with E-state index >= 15 is 0 Å². The van der Waals surface area contributed by atoms with Gasteiger partial charge in [0, 0.05) is 49.0 Å². The van der Waals surface area contributed by atoms with Gasteiger partial charge in [0.15, 0.2) is 0 Å². The molecule has 502 valence electrons. The van der Waals surface area contributed by atoms with E-state index < -0.39 is 0 Å². The first-order valence-electron chi connectivity index (χ1n) is 34.8. The van der Waals surface area contributed by atoms with Crippen molar-refractivity contribution in [3.63, 3.8) is 0 Å². The fraction of sp³-hybridized carbons (Fsp3) is 0.500. The van der Waals surface area contributed by atoms with Crippen molar-refractivity contribution in [2.75, 3.05) is 26.7 Å². The molecule has 2 aliphatic heterocycles. The van der Waals surface area contributed by atoms with Crippen LogP contribution in [-0.2, 0) is 9.59 Å². The summed E-state index contributed by atoms with van der Waals surface area (Å²) in [6, 6.07) is 25.4. The second-order valence-electron chi connectivity index (χ2n) is 29.2. The molecule has 0 unspecified atom stereocenters. The Balaban J connectivity index is 0.000000138. The van der Waals surface area contributed by atoms with Crippen LogP contribution in [0.3, 0.4) is 0 Å². The predicted molar refractivity (Wildman–Crippen MR) is 410 cm³/mol. The highest BCUT2D eigenvalue weighted by atomic mass is 127. The van der Waals surface area contributed by atoms with Crippen LogP contribution in [0.4, 0.5) is 0 Å². The lowest BCUT2D eigenvalue weighted by Crippen LogP contribution is -2.45. The Kier molecular flexibility index (Phi) is 25.0. The number of rotatable bonds is 8. The minimum Gasteiger partial charge on any atom is -0.495 e. The van der Waals surface area contributed by atoms with E-state index in [0.717, 1.165) is 114 Å². The third-order valence-corrected chi connectivity index (χ3v) is 25.4. The summed E-state index contributed by atoms with van der Waals surface area (Å²) >= 11 is 15.0. The van der Waals surface area contributed by atoms with Crippen LogP contribution in [0, 0.1) is 141 Å². The number of nitrogens with one attached hydrogen (secondary N) is 2. The van der Waals surface area contributed by atoms with Gasteiger partial charge in [-0.2, -0.15) is 5.26 Å². The Bertz CT molecular complexity index is 3820. The number of nitrogens with zero attached hydrogens (tertiary/aromatic N) is 2. The SMILES string of the molecule is CC#N.CCN(CC)CC.COc1ccc(/C=C2\SC(=S)NC2=O)cc1C#CC12CC3CC(CC(C3)C1)C2.Cc1ccc(/C=C2\SC(=S)NC2=O)cc1C#CC12CC3CC(CC(C3)C1)C2.Cc1ccc(C=O)cc1C#CC12CC3CC(CC(C3)C1)C2.Cc1ccc(C=O)cc1I. The molecule has 0 atom stereocenters. The van der Waals surface area contributed by atoms with Crippen LogP contribution >= 0.6 is 70.6 Å². The molecule has 2 heterocycles. The number of thioether (sulfide) groups is 2. The van der Waals surface area contributed by atoms with Crippen LogP contribution in [0.1, 0.15) is 208 Å². The number of ether oxygens (including phenoxy) is 1. The second-order valence-corrected chi connectivity index (χ2v) is 33.8. The molecular weight excluding hydrogens is 1380 g/mol. The summed E-state index contributed by atoms with van der Waals surface area (Å²) < 4.78 is 7.73. The Hall–Kier alpha value is -5.82. The van der Waals surface area contributed by atoms with Crippen molar-refractivity contribution >= 4 is 116 Å². The summed E-state index contributed by atoms with van der Waals surface area (Å²) in [7, 11) is 1.68. The van der Waals surface area contributed by atoms with Gasteiger partial charge in [-0.15, -0.1) is 0 Å². The maximum Gasteiger partial charge on any atom is 0.263 e. The molecule has 18 rings (SSSR count). The van der Waals surface area contributed by atoms with Gasteiger partial charge in [-0.05, 0) is 302 Å². The number of nitriles is 1. The topological polar surface area (TPSA) is 129 Å². The van der Waals surface area contributed by atoms with Crippen molar-refractivity contribution < 1.29 is 23.9 Å². The van der Waals surface area contributed by atoms with E-state index in [0.29, 0.717) is 23.9 Å². The molecule has 0 spiro atoms. The number of halogens is 1. The highest BCUT2D eigenvalue weighted by Crippen LogP contribution is 2.62. The lowest BCUT2D eigenvalue weighted by molar-refractivity contribution is -0.116. The highest BCUT2D eigenvalue weighted by molar-refractivity contribution is 14.1. The zero-order valence-electron chi connectivity index (χ0n) is 57.2. The molecule has 2 saturated heterocycles. The molecule has 14 heteroatoms. The standard InChI is InChI=1S/C23H23NO2S2.C23H23NOS2.C20H22O.C8H7IO.C6H15N.C2H3N/c1-26-19-3-2-14(10-20-21(25)24-22(27)28-20)9-18(19)4-5-23-11-15-6-16(12-23)8-17(7-15)13-23;1-14-2-3-15(10-20-21(25)24-22(26)27-20)9-19(14)4-5-23-11-16-6-17(12-23)8-18(7-16)13-23;1-14-2-3-15(13-21)9-19(14)4-5-20-10-16-6-17(11-20)8-18(7-16)12-20;1-6-2-3-7(5-10)4-8(6)9;1-4-7(5-2)6-3;1-2-3/h2-3,9-10,15-17H,6-8,11-13H2,1H3,(H,24,25,27);2-3,9-10,16-18H,6-8,11-13H2,1H3,(H,24,25,26);2-3,9,13,16-18H,6-8,10-12H2,1H3;2-5H,1H3;4-6H2,1-3H3;1H3/b2*20-10-;;;;. The number of aldehydes is 2. The molecule has 4 aromatic carbocycles. The zero-order chi connectivity index (χ0) is 68.3. The van der Waals surface area contributed by atoms with Crippen LogP contribution in [-0.4, -0.2) is 64.7 Å². The van der Waals surface area contributed by atoms with E-state index in [2.05, 4.69) is 120 Å². The molecule has 2 amide bonds. The summed E-state index contributed by atoms with van der Waals surface area (Å²) in [5.41, 5.74) is 10.8. The van der Waals surface area contributed by atoms with Crippen LogP contribution in [0.2, 0.25) is 0 Å². The van der Waals surface area contributed by atoms with Gasteiger partial charge in [0.2, 0.25) is 0 Å². The van der Waals surface area contributed by atoms with Gasteiger partial charge in [-0.1, -0.05) is 147 Å². The van der Waals surface area contributed by atoms with Crippen molar-refractivity contribution in [3.8, 4) is 47.3 Å². The zero-order valence-corrected chi connectivity index (χ0v) is 62.7. The van der Waals surface area contributed by atoms with Gasteiger partial charge in [-0.25, -0.2) is 0 Å². The molecule has 14 fully saturated rings. The number of methoxy groups -OCH3 is 1. The fourth-order valence-electron chi connectivity index (χ4n) is 18.5. The second kappa shape index (κ2) is 32.9. The van der Waals surface area contributed by atoms with Crippen molar-refractivity contribution in [2.24, 2.45) is 69.5 Å². The van der Waals surface area contributed by atoms with Gasteiger partial charge < -0.3 is 20.3 Å². The normalized spacial score (nSPS) is 29.7. The Morgan fingerprint density at radius 2 is 0.823 bits per heavy atom. The van der Waals surface area contributed by atoms with E-state index in [1.807, 2.05) is 79.7 Å². The van der Waals surface area contributed by atoms with E-state index in [9.17, 15) is 19.2 Å². The smallest absolute Gasteiger partial charge is 0.263 e. The molecule has 0 radical (unpaired) electrons. The summed E-state index contributed by atoms with van der Waals surface area (Å²) in [6.07, 6.45) is 30.2. The molecule has 12 bridgehead atoms. The van der Waals surface area contributed by atoms with Crippen LogP contribution in [0.25, 0.3) is 12.2 Å². The maximum absolute atomic E-state index is 11.9. The van der Waals surface area contributed by atoms with Crippen LogP contribution < -0.4 is 15.4 Å². The number of amides is 2. The number of aryl methyl sites for hydroxylation is 3. The van der Waals surface area contributed by atoms with Gasteiger partial charge in [0.25, 0.3) is 11.8 Å². The average Bonchev–Trinajstić information content (AvgIpc) is 0.802. The molecule has 4 aromatic rings. The van der Waals surface area contributed by atoms with Gasteiger partial charge in [0.05, 0.1) is 28.6 Å². The van der Waals surface area contributed by atoms with Crippen molar-refractivity contribution in [1.82, 2.24) is 15.5 Å². The summed E-state index contributed by atoms with van der Waals surface area (Å²) in [4.78, 5) is 48.7. The minimum atomic E-state index is -0.132. The first kappa shape index (κ1) is 72.9. The summed E-state index contributed by atoms with van der Waals surface area (Å²) in [6.45, 7) is 17.8. The van der Waals surface area contributed by atoms with Gasteiger partial charge >= 0.3 is 0 Å². The number of benzene rings is 4. The predicted octanol–water partition coefficient (Wildman–Crippen LogP) is 18.5. The quantitative estimate of drug-likeness (QED) is 0.0575. The van der Waals surface area contributed by atoms with Crippen LogP contribution in [0.5, 0.6) is 5.75 Å². The first-order valence-corrected chi connectivity index (χ1v) is 38.4. The molecular formula is C82H93IN4O5S4. The average molecular weight is 1470 g/mol. The van der Waals surface area contributed by atoms with Gasteiger partial charge in [-0.3, -0.25) is 19.2 Å². The summed E-state index contributed by atoms with van der Waals surface area (Å²) in [5, 5.41) is 12.6. The van der Waals surface area contributed by atoms with Crippen molar-refractivity contribution in [3.05, 3.63) is 142 Å². The van der Waals surface area contributed by atoms with Crippen molar-refractivity contribution in [1.29, 1.82) is 5.26 Å². The van der Waals surface area contributed by atoms with E-state index in [4.69, 9.17) is 34.4 Å². The third-order valence-electron chi connectivity index (χ3n) is 21.9. The first-order chi connectivity index (χ1) is 46.1. The molecule has 14 aliphatic rings. The van der Waals surface area contributed by atoms with Crippen molar-refractivity contribution in [2.45, 2.75) is 164 Å². The van der Waals surface area contributed by atoms with E-state index in [1.165, 1.54) is 182 Å². The van der Waals surface area contributed by atoms with E-state index in [-0.39, 0.29) is 22.6 Å². The number of thiocarbonyl (C=S) groups is 2. The van der Waals surface area contributed by atoms with E-state index in [1.54, 1.807) is 13.2 Å². The number of hydrogen-bond acceptors (Lipinski definition) is 11. The molecule has 0 aromatic heterocycles. The molecule has 2 N–H and O–H groups in total. The highest BCUT2D eigenvalue weighted by Gasteiger charge is 2.52. The minimum absolute atomic E-state index is 0.105. The Morgan fingerprint density at radius 3 is 1.12 bits per heavy atom.